The molecule has 5 aromatic carbocycles. The summed E-state index contributed by atoms with van der Waals surface area (Å²) in [5.74, 6) is -1.08. The number of benzene rings is 5. The third kappa shape index (κ3) is 5.77. The van der Waals surface area contributed by atoms with Crippen molar-refractivity contribution >= 4 is 43.5 Å². The predicted octanol–water partition coefficient (Wildman–Crippen LogP) is 6.45. The highest BCUT2D eigenvalue weighted by Crippen LogP contribution is 2.39. The second-order valence-corrected chi connectivity index (χ2v) is 12.1. The Hall–Kier alpha value is -6.02. The number of aromatic nitrogens is 1. The molecule has 0 saturated heterocycles. The number of nitrogens with two attached hydrogens (primary N) is 2. The number of hydrogen-bond donors (Lipinski definition) is 4. The molecule has 10 nitrogen and oxygen atoms in total. The second-order valence-electron chi connectivity index (χ2n) is 10.4. The lowest BCUT2D eigenvalue weighted by molar-refractivity contribution is -0.275. The Kier molecular flexibility index (Phi) is 7.73. The third-order valence-corrected chi connectivity index (χ3v) is 9.28. The number of amidine groups is 2. The lowest BCUT2D eigenvalue weighted by atomic mass is 9.98. The highest BCUT2D eigenvalue weighted by atomic mass is 32.2. The molecule has 1 heterocycles. The molecule has 0 fully saturated rings. The summed E-state index contributed by atoms with van der Waals surface area (Å²) < 4.78 is 73.5. The fourth-order valence-electron chi connectivity index (χ4n) is 5.41. The van der Waals surface area contributed by atoms with E-state index in [4.69, 9.17) is 21.9 Å². The van der Waals surface area contributed by atoms with E-state index in [0.29, 0.717) is 44.2 Å². The molecule has 6 rings (SSSR count). The van der Waals surface area contributed by atoms with Crippen LogP contribution < -0.4 is 16.2 Å². The molecule has 0 aliphatic carbocycles. The Labute approximate surface area is 265 Å². The minimum Gasteiger partial charge on any atom is -0.409 e. The number of hydrogen-bond acceptors (Lipinski definition) is 7. The van der Waals surface area contributed by atoms with Crippen molar-refractivity contribution < 1.29 is 36.7 Å². The average molecular weight is 660 g/mol. The Morgan fingerprint density at radius 2 is 1.13 bits per heavy atom. The number of fused-ring (bicyclic) bond motifs is 3. The van der Waals surface area contributed by atoms with Gasteiger partial charge in [0.15, 0.2) is 11.7 Å². The van der Waals surface area contributed by atoms with Gasteiger partial charge in [0.25, 0.3) is 10.0 Å². The van der Waals surface area contributed by atoms with Crippen molar-refractivity contribution in [3.05, 3.63) is 120 Å². The van der Waals surface area contributed by atoms with Gasteiger partial charge in [0.1, 0.15) is 10.6 Å². The first-order chi connectivity index (χ1) is 22.4. The van der Waals surface area contributed by atoms with Gasteiger partial charge in [0.2, 0.25) is 0 Å². The molecule has 1 aromatic heterocycles. The van der Waals surface area contributed by atoms with Gasteiger partial charge >= 0.3 is 6.36 Å². The van der Waals surface area contributed by atoms with Crippen LogP contribution in [0.5, 0.6) is 5.75 Å². The number of nitrogens with zero attached hydrogens (tertiary/aromatic N) is 3. The van der Waals surface area contributed by atoms with Gasteiger partial charge in [-0.3, -0.25) is 0 Å². The van der Waals surface area contributed by atoms with E-state index in [-0.39, 0.29) is 22.7 Å². The molecule has 14 heteroatoms. The molecular weight excluding hydrogens is 635 g/mol. The van der Waals surface area contributed by atoms with Crippen LogP contribution in [0.25, 0.3) is 44.1 Å². The minimum atomic E-state index is -5.13. The van der Waals surface area contributed by atoms with Crippen LogP contribution in [0.3, 0.4) is 0 Å². The zero-order valence-electron chi connectivity index (χ0n) is 24.0. The van der Waals surface area contributed by atoms with Crippen LogP contribution in [0.1, 0.15) is 11.1 Å². The molecule has 0 spiro atoms. The molecule has 0 saturated carbocycles. The van der Waals surface area contributed by atoms with E-state index < -0.39 is 27.0 Å². The summed E-state index contributed by atoms with van der Waals surface area (Å²) in [6.45, 7) is 0. The van der Waals surface area contributed by atoms with Gasteiger partial charge in [-0.05, 0) is 70.8 Å². The number of para-hydroxylation sites is 1. The summed E-state index contributed by atoms with van der Waals surface area (Å²) in [6.07, 6.45) is -5.13. The molecule has 0 atom stereocenters. The summed E-state index contributed by atoms with van der Waals surface area (Å²) >= 11 is 0. The van der Waals surface area contributed by atoms with E-state index in [1.807, 2.05) is 0 Å². The van der Waals surface area contributed by atoms with Gasteiger partial charge in [-0.1, -0.05) is 71.0 Å². The molecule has 238 valence electrons. The molecule has 6 N–H and O–H groups in total. The first-order valence-corrected chi connectivity index (χ1v) is 15.2. The predicted molar refractivity (Wildman–Crippen MR) is 171 cm³/mol. The fourth-order valence-corrected chi connectivity index (χ4v) is 7.06. The fraction of sp³-hybridized carbons (Fsp3) is 0.0303. The van der Waals surface area contributed by atoms with Crippen LogP contribution >= 0.6 is 0 Å². The lowest BCUT2D eigenvalue weighted by Gasteiger charge is -2.15. The van der Waals surface area contributed by atoms with Crippen molar-refractivity contribution in [3.63, 3.8) is 0 Å². The van der Waals surface area contributed by atoms with Crippen LogP contribution in [0, 0.1) is 0 Å². The first kappa shape index (κ1) is 31.0. The van der Waals surface area contributed by atoms with Gasteiger partial charge in [-0.2, -0.15) is 0 Å². The lowest BCUT2D eigenvalue weighted by Crippen LogP contribution is -2.20. The maximum Gasteiger partial charge on any atom is 0.573 e. The standard InChI is InChI=1S/C33H24F3N5O5S/c34-33(35,36)46-29-9-1-2-10-30(29)47(44,45)41-27-13-11-21(19-5-3-7-23(15-19)31(37)39-42)17-25(27)26-18-22(12-14-28(26)41)20-6-4-8-24(16-20)32(38)40-43/h1-18,42-43H,(H2,37,39)(H2,38,40). The van der Waals surface area contributed by atoms with Crippen molar-refractivity contribution in [2.45, 2.75) is 11.3 Å². The molecule has 0 aliphatic rings. The molecule has 47 heavy (non-hydrogen) atoms. The van der Waals surface area contributed by atoms with E-state index in [1.54, 1.807) is 84.9 Å². The Morgan fingerprint density at radius 3 is 1.60 bits per heavy atom. The smallest absolute Gasteiger partial charge is 0.409 e. The second kappa shape index (κ2) is 11.7. The molecule has 6 aromatic rings. The third-order valence-electron chi connectivity index (χ3n) is 7.51. The summed E-state index contributed by atoms with van der Waals surface area (Å²) in [6, 6.07) is 28.2. The Morgan fingerprint density at radius 1 is 0.660 bits per heavy atom. The molecule has 0 radical (unpaired) electrons. The first-order valence-electron chi connectivity index (χ1n) is 13.8. The number of halogens is 3. The number of alkyl halides is 3. The van der Waals surface area contributed by atoms with E-state index in [1.165, 1.54) is 12.1 Å². The number of ether oxygens (including phenoxy) is 1. The van der Waals surface area contributed by atoms with Crippen LogP contribution in [0.15, 0.2) is 124 Å². The zero-order chi connectivity index (χ0) is 33.5. The molecule has 0 aliphatic heterocycles. The summed E-state index contributed by atoms with van der Waals surface area (Å²) in [5.41, 5.74) is 15.5. The van der Waals surface area contributed by atoms with Crippen LogP contribution in [0.4, 0.5) is 13.2 Å². The van der Waals surface area contributed by atoms with Crippen LogP contribution in [-0.2, 0) is 10.0 Å². The topological polar surface area (TPSA) is 166 Å². The summed E-state index contributed by atoms with van der Waals surface area (Å²) in [7, 11) is -4.68. The van der Waals surface area contributed by atoms with Gasteiger partial charge < -0.3 is 26.6 Å². The van der Waals surface area contributed by atoms with Crippen molar-refractivity contribution in [1.29, 1.82) is 0 Å². The quantitative estimate of drug-likeness (QED) is 0.0661. The highest BCUT2D eigenvalue weighted by Gasteiger charge is 2.35. The van der Waals surface area contributed by atoms with Gasteiger partial charge in [0, 0.05) is 21.9 Å². The number of rotatable bonds is 7. The Bertz CT molecular complexity index is 2230. The maximum atomic E-state index is 14.3. The normalized spacial score (nSPS) is 12.9. The molecule has 0 unspecified atom stereocenters. The SMILES string of the molecule is N/C(=N\O)c1cccc(-c2ccc3c(c2)c2cc(-c4cccc(/C(N)=N/O)c4)ccc2n3S(=O)(=O)c2ccccc2OC(F)(F)F)c1. The van der Waals surface area contributed by atoms with Gasteiger partial charge in [0.05, 0.1) is 11.0 Å². The van der Waals surface area contributed by atoms with Gasteiger partial charge in [-0.15, -0.1) is 13.2 Å². The van der Waals surface area contributed by atoms with Crippen molar-refractivity contribution in [2.75, 3.05) is 0 Å². The summed E-state index contributed by atoms with van der Waals surface area (Å²) in [4.78, 5) is -0.679. The summed E-state index contributed by atoms with van der Waals surface area (Å²) in [5, 5.41) is 25.3. The van der Waals surface area contributed by atoms with Crippen molar-refractivity contribution in [3.8, 4) is 28.0 Å². The zero-order valence-corrected chi connectivity index (χ0v) is 24.9. The van der Waals surface area contributed by atoms with Crippen molar-refractivity contribution in [1.82, 2.24) is 3.97 Å². The monoisotopic (exact) mass is 659 g/mol. The van der Waals surface area contributed by atoms with E-state index in [2.05, 4.69) is 15.0 Å². The van der Waals surface area contributed by atoms with Crippen LogP contribution in [-0.4, -0.2) is 40.8 Å². The highest BCUT2D eigenvalue weighted by molar-refractivity contribution is 7.90. The minimum absolute atomic E-state index is 0.103. The average Bonchev–Trinajstić information content (AvgIpc) is 3.41. The molecular formula is C33H24F3N5O5S. The van der Waals surface area contributed by atoms with E-state index in [0.717, 1.165) is 16.1 Å². The van der Waals surface area contributed by atoms with Gasteiger partial charge in [-0.25, -0.2) is 12.4 Å². The number of oxime groups is 2. The molecule has 0 amide bonds. The maximum absolute atomic E-state index is 14.3. The van der Waals surface area contributed by atoms with E-state index >= 15 is 0 Å². The van der Waals surface area contributed by atoms with Crippen molar-refractivity contribution in [2.24, 2.45) is 21.8 Å². The van der Waals surface area contributed by atoms with E-state index in [9.17, 15) is 21.6 Å². The van der Waals surface area contributed by atoms with Crippen LogP contribution in [0.2, 0.25) is 0 Å². The molecule has 0 bridgehead atoms. The Balaban J connectivity index is 1.63. The largest absolute Gasteiger partial charge is 0.573 e.